The molecule has 158 valence electrons. The van der Waals surface area contributed by atoms with Crippen molar-refractivity contribution >= 4 is 5.96 Å². The van der Waals surface area contributed by atoms with Crippen molar-refractivity contribution in [2.75, 3.05) is 66.1 Å². The maximum atomic E-state index is 12.9. The average Bonchev–Trinajstić information content (AvgIpc) is 3.47. The molecule has 1 unspecified atom stereocenters. The Balaban J connectivity index is 1.84. The van der Waals surface area contributed by atoms with Crippen molar-refractivity contribution in [2.45, 2.75) is 44.9 Å². The van der Waals surface area contributed by atoms with Crippen LogP contribution in [0.4, 0.5) is 13.2 Å². The van der Waals surface area contributed by atoms with Crippen LogP contribution in [0.3, 0.4) is 0 Å². The van der Waals surface area contributed by atoms with Crippen LogP contribution in [0.1, 0.15) is 26.7 Å². The fourth-order valence-corrected chi connectivity index (χ4v) is 3.36. The number of hydrogen-bond acceptors (Lipinski definition) is 4. The van der Waals surface area contributed by atoms with Gasteiger partial charge in [0.15, 0.2) is 5.96 Å². The number of methoxy groups -OCH3 is 1. The SMILES string of the molecule is CCNC(=NCCN(CCOC)C1CC1)N1CCN(C(C)C(F)(F)F)CC1. The Kier molecular flexibility index (Phi) is 8.62. The van der Waals surface area contributed by atoms with E-state index in [4.69, 9.17) is 9.73 Å². The van der Waals surface area contributed by atoms with E-state index < -0.39 is 12.2 Å². The number of nitrogens with zero attached hydrogens (tertiary/aromatic N) is 4. The fourth-order valence-electron chi connectivity index (χ4n) is 3.36. The second-order valence-electron chi connectivity index (χ2n) is 7.24. The number of guanidine groups is 1. The zero-order chi connectivity index (χ0) is 19.9. The first-order chi connectivity index (χ1) is 12.9. The maximum Gasteiger partial charge on any atom is 0.403 e. The van der Waals surface area contributed by atoms with Crippen LogP contribution in [0.5, 0.6) is 0 Å². The van der Waals surface area contributed by atoms with E-state index in [-0.39, 0.29) is 0 Å². The molecule has 1 atom stereocenters. The molecule has 1 aliphatic carbocycles. The Morgan fingerprint density at radius 2 is 1.89 bits per heavy atom. The summed E-state index contributed by atoms with van der Waals surface area (Å²) < 4.78 is 43.9. The zero-order valence-corrected chi connectivity index (χ0v) is 16.8. The summed E-state index contributed by atoms with van der Waals surface area (Å²) in [4.78, 5) is 10.7. The molecule has 1 saturated heterocycles. The average molecular weight is 393 g/mol. The molecular formula is C18H34F3N5O. The molecule has 2 fully saturated rings. The van der Waals surface area contributed by atoms with Crippen molar-refractivity contribution in [3.05, 3.63) is 0 Å². The Morgan fingerprint density at radius 1 is 1.22 bits per heavy atom. The lowest BCUT2D eigenvalue weighted by molar-refractivity contribution is -0.181. The van der Waals surface area contributed by atoms with Crippen LogP contribution in [-0.2, 0) is 4.74 Å². The van der Waals surface area contributed by atoms with Gasteiger partial charge < -0.3 is 15.0 Å². The molecule has 1 heterocycles. The lowest BCUT2D eigenvalue weighted by Crippen LogP contribution is -2.56. The third-order valence-corrected chi connectivity index (χ3v) is 5.26. The molecule has 0 aromatic carbocycles. The largest absolute Gasteiger partial charge is 0.403 e. The van der Waals surface area contributed by atoms with Crippen molar-refractivity contribution in [1.82, 2.24) is 20.0 Å². The van der Waals surface area contributed by atoms with Crippen LogP contribution in [0.2, 0.25) is 0 Å². The maximum absolute atomic E-state index is 12.9. The van der Waals surface area contributed by atoms with Gasteiger partial charge in [-0.3, -0.25) is 14.8 Å². The van der Waals surface area contributed by atoms with Gasteiger partial charge in [0.1, 0.15) is 6.04 Å². The monoisotopic (exact) mass is 393 g/mol. The minimum absolute atomic E-state index is 0.396. The second-order valence-corrected chi connectivity index (χ2v) is 7.24. The Bertz CT molecular complexity index is 462. The van der Waals surface area contributed by atoms with Gasteiger partial charge in [-0.1, -0.05) is 0 Å². The number of hydrogen-bond donors (Lipinski definition) is 1. The van der Waals surface area contributed by atoms with Gasteiger partial charge in [-0.15, -0.1) is 0 Å². The number of aliphatic imine (C=N–C) groups is 1. The fraction of sp³-hybridized carbons (Fsp3) is 0.944. The molecule has 0 bridgehead atoms. The van der Waals surface area contributed by atoms with Crippen molar-refractivity contribution in [2.24, 2.45) is 4.99 Å². The molecule has 0 aromatic heterocycles. The zero-order valence-electron chi connectivity index (χ0n) is 16.8. The lowest BCUT2D eigenvalue weighted by Gasteiger charge is -2.39. The highest BCUT2D eigenvalue weighted by atomic mass is 19.4. The number of piperazine rings is 1. The van der Waals surface area contributed by atoms with Gasteiger partial charge in [0.25, 0.3) is 0 Å². The van der Waals surface area contributed by atoms with E-state index in [1.807, 2.05) is 6.92 Å². The van der Waals surface area contributed by atoms with E-state index in [2.05, 4.69) is 15.1 Å². The van der Waals surface area contributed by atoms with E-state index in [0.29, 0.717) is 38.8 Å². The third kappa shape index (κ3) is 7.12. The van der Waals surface area contributed by atoms with Gasteiger partial charge in [0, 0.05) is 59.0 Å². The van der Waals surface area contributed by atoms with E-state index in [9.17, 15) is 13.2 Å². The topological polar surface area (TPSA) is 43.3 Å². The molecular weight excluding hydrogens is 359 g/mol. The van der Waals surface area contributed by atoms with Crippen LogP contribution >= 0.6 is 0 Å². The van der Waals surface area contributed by atoms with Crippen molar-refractivity contribution < 1.29 is 17.9 Å². The van der Waals surface area contributed by atoms with Crippen LogP contribution in [0, 0.1) is 0 Å². The van der Waals surface area contributed by atoms with Gasteiger partial charge in [0.05, 0.1) is 13.2 Å². The molecule has 1 aliphatic heterocycles. The minimum atomic E-state index is -4.17. The Labute approximate surface area is 160 Å². The van der Waals surface area contributed by atoms with Gasteiger partial charge in [-0.25, -0.2) is 0 Å². The third-order valence-electron chi connectivity index (χ3n) is 5.26. The minimum Gasteiger partial charge on any atom is -0.383 e. The predicted molar refractivity (Wildman–Crippen MR) is 101 cm³/mol. The van der Waals surface area contributed by atoms with Gasteiger partial charge in [0.2, 0.25) is 0 Å². The standard InChI is InChI=1S/C18H34F3N5O/c1-4-22-17(23-7-8-25(13-14-27-3)16-5-6-16)26-11-9-24(10-12-26)15(2)18(19,20)21/h15-16H,4-14H2,1-3H3,(H,22,23). The number of alkyl halides is 3. The molecule has 0 spiro atoms. The molecule has 0 aromatic rings. The highest BCUT2D eigenvalue weighted by Gasteiger charge is 2.41. The summed E-state index contributed by atoms with van der Waals surface area (Å²) >= 11 is 0. The van der Waals surface area contributed by atoms with Crippen molar-refractivity contribution in [3.8, 4) is 0 Å². The normalized spacial score (nSPS) is 21.0. The molecule has 9 heteroatoms. The van der Waals surface area contributed by atoms with Crippen LogP contribution in [-0.4, -0.2) is 105 Å². The highest BCUT2D eigenvalue weighted by molar-refractivity contribution is 5.80. The highest BCUT2D eigenvalue weighted by Crippen LogP contribution is 2.26. The first kappa shape index (κ1) is 22.2. The van der Waals surface area contributed by atoms with E-state index in [0.717, 1.165) is 32.2 Å². The van der Waals surface area contributed by atoms with E-state index in [1.165, 1.54) is 24.7 Å². The Morgan fingerprint density at radius 3 is 2.41 bits per heavy atom. The summed E-state index contributed by atoms with van der Waals surface area (Å²) in [6.07, 6.45) is -1.69. The predicted octanol–water partition coefficient (Wildman–Crippen LogP) is 1.63. The van der Waals surface area contributed by atoms with Gasteiger partial charge >= 0.3 is 6.18 Å². The van der Waals surface area contributed by atoms with Crippen LogP contribution in [0.15, 0.2) is 4.99 Å². The first-order valence-corrected chi connectivity index (χ1v) is 9.93. The molecule has 1 N–H and O–H groups in total. The number of halogens is 3. The molecule has 0 radical (unpaired) electrons. The number of nitrogens with one attached hydrogen (secondary N) is 1. The molecule has 6 nitrogen and oxygen atoms in total. The summed E-state index contributed by atoms with van der Waals surface area (Å²) in [5, 5.41) is 3.28. The summed E-state index contributed by atoms with van der Waals surface area (Å²) in [6, 6.07) is -0.739. The van der Waals surface area contributed by atoms with Crippen LogP contribution in [0.25, 0.3) is 0 Å². The van der Waals surface area contributed by atoms with Crippen molar-refractivity contribution in [1.29, 1.82) is 0 Å². The number of ether oxygens (including phenoxy) is 1. The first-order valence-electron chi connectivity index (χ1n) is 9.93. The molecule has 1 saturated carbocycles. The van der Waals surface area contributed by atoms with Crippen molar-refractivity contribution in [3.63, 3.8) is 0 Å². The van der Waals surface area contributed by atoms with E-state index in [1.54, 1.807) is 7.11 Å². The smallest absolute Gasteiger partial charge is 0.383 e. The second kappa shape index (κ2) is 10.5. The summed E-state index contributed by atoms with van der Waals surface area (Å²) in [5.74, 6) is 0.805. The van der Waals surface area contributed by atoms with Gasteiger partial charge in [-0.05, 0) is 26.7 Å². The summed E-state index contributed by atoms with van der Waals surface area (Å²) in [6.45, 7) is 9.10. The summed E-state index contributed by atoms with van der Waals surface area (Å²) in [7, 11) is 1.71. The quantitative estimate of drug-likeness (QED) is 0.477. The number of rotatable bonds is 9. The lowest BCUT2D eigenvalue weighted by atomic mass is 10.2. The van der Waals surface area contributed by atoms with Crippen LogP contribution < -0.4 is 5.32 Å². The summed E-state index contributed by atoms with van der Waals surface area (Å²) in [5.41, 5.74) is 0. The van der Waals surface area contributed by atoms with Gasteiger partial charge in [-0.2, -0.15) is 13.2 Å². The molecule has 27 heavy (non-hydrogen) atoms. The van der Waals surface area contributed by atoms with E-state index >= 15 is 0 Å². The Hall–Kier alpha value is -1.06. The molecule has 2 aliphatic rings. The molecule has 2 rings (SSSR count). The molecule has 0 amide bonds.